The molecule has 0 spiro atoms. The number of unbranched alkanes of at least 4 members (excludes halogenated alkanes) is 1. The summed E-state index contributed by atoms with van der Waals surface area (Å²) >= 11 is 0. The monoisotopic (exact) mass is 194 g/mol. The fourth-order valence-electron chi connectivity index (χ4n) is 3.04. The zero-order chi connectivity index (χ0) is 9.97. The minimum Gasteiger partial charge on any atom is -0.378 e. The van der Waals surface area contributed by atoms with Crippen LogP contribution in [0.1, 0.15) is 46.0 Å². The van der Waals surface area contributed by atoms with E-state index < -0.39 is 0 Å². The van der Waals surface area contributed by atoms with Crippen molar-refractivity contribution in [1.82, 2.24) is 0 Å². The molecule has 14 heavy (non-hydrogen) atoms. The van der Waals surface area contributed by atoms with Crippen molar-refractivity contribution in [1.29, 1.82) is 0 Å². The Bertz CT molecular complexity index is 219. The maximum absolute atomic E-state index is 5.97. The third kappa shape index (κ3) is 1.88. The third-order valence-corrected chi connectivity index (χ3v) is 3.80. The van der Waals surface area contributed by atoms with Gasteiger partial charge in [-0.25, -0.2) is 0 Å². The molecule has 0 amide bonds. The highest BCUT2D eigenvalue weighted by Gasteiger charge is 2.42. The second kappa shape index (κ2) is 4.48. The molecule has 2 fully saturated rings. The fourth-order valence-corrected chi connectivity index (χ4v) is 3.04. The Morgan fingerprint density at radius 1 is 1.43 bits per heavy atom. The van der Waals surface area contributed by atoms with Crippen LogP contribution in [0, 0.1) is 11.8 Å². The molecule has 3 atom stereocenters. The normalized spacial score (nSPS) is 38.4. The van der Waals surface area contributed by atoms with Gasteiger partial charge < -0.3 is 4.74 Å². The maximum atomic E-state index is 5.97. The first kappa shape index (κ1) is 10.2. The van der Waals surface area contributed by atoms with Crippen molar-refractivity contribution < 1.29 is 4.74 Å². The molecule has 2 bridgehead atoms. The van der Waals surface area contributed by atoms with Gasteiger partial charge in [-0.3, -0.25) is 0 Å². The van der Waals surface area contributed by atoms with Gasteiger partial charge in [0.15, 0.2) is 0 Å². The van der Waals surface area contributed by atoms with Crippen LogP contribution >= 0.6 is 0 Å². The third-order valence-electron chi connectivity index (χ3n) is 3.80. The molecule has 2 saturated carbocycles. The Labute approximate surface area is 87.5 Å². The molecule has 0 saturated heterocycles. The molecule has 1 nitrogen and oxygen atoms in total. The number of rotatable bonds is 4. The number of ether oxygens (including phenoxy) is 1. The van der Waals surface area contributed by atoms with E-state index in [2.05, 4.69) is 19.9 Å². The van der Waals surface area contributed by atoms with Crippen molar-refractivity contribution >= 4 is 0 Å². The molecular weight excluding hydrogens is 172 g/mol. The van der Waals surface area contributed by atoms with Crippen LogP contribution in [0.25, 0.3) is 0 Å². The lowest BCUT2D eigenvalue weighted by Gasteiger charge is -2.24. The SMILES string of the molecule is CC=C1CC2CC(OCCCC)C1C2. The Hall–Kier alpha value is -0.300. The number of hydrogen-bond donors (Lipinski definition) is 0. The Kier molecular flexibility index (Phi) is 3.27. The van der Waals surface area contributed by atoms with Crippen LogP contribution in [-0.4, -0.2) is 12.7 Å². The highest BCUT2D eigenvalue weighted by atomic mass is 16.5. The highest BCUT2D eigenvalue weighted by Crippen LogP contribution is 2.49. The molecule has 0 N–H and O–H groups in total. The van der Waals surface area contributed by atoms with Crippen molar-refractivity contribution in [3.63, 3.8) is 0 Å². The summed E-state index contributed by atoms with van der Waals surface area (Å²) in [5.41, 5.74) is 1.67. The molecule has 2 aliphatic rings. The van der Waals surface area contributed by atoms with E-state index in [0.717, 1.165) is 18.4 Å². The maximum Gasteiger partial charge on any atom is 0.0643 e. The van der Waals surface area contributed by atoms with E-state index >= 15 is 0 Å². The first-order valence-corrected chi connectivity index (χ1v) is 6.11. The number of allylic oxidation sites excluding steroid dienone is 1. The lowest BCUT2D eigenvalue weighted by molar-refractivity contribution is 0.0279. The second-order valence-electron chi connectivity index (χ2n) is 4.77. The lowest BCUT2D eigenvalue weighted by atomic mass is 9.92. The van der Waals surface area contributed by atoms with E-state index in [1.165, 1.54) is 32.1 Å². The average Bonchev–Trinajstić information content (AvgIpc) is 2.76. The Morgan fingerprint density at radius 3 is 2.93 bits per heavy atom. The Balaban J connectivity index is 1.84. The van der Waals surface area contributed by atoms with Gasteiger partial charge in [0.2, 0.25) is 0 Å². The summed E-state index contributed by atoms with van der Waals surface area (Å²) in [6.45, 7) is 5.38. The van der Waals surface area contributed by atoms with Crippen LogP contribution in [0.3, 0.4) is 0 Å². The predicted molar refractivity (Wildman–Crippen MR) is 59.2 cm³/mol. The van der Waals surface area contributed by atoms with Crippen molar-refractivity contribution in [3.8, 4) is 0 Å². The second-order valence-corrected chi connectivity index (χ2v) is 4.77. The van der Waals surface area contributed by atoms with Crippen LogP contribution in [0.2, 0.25) is 0 Å². The fraction of sp³-hybridized carbons (Fsp3) is 0.846. The van der Waals surface area contributed by atoms with E-state index in [0.29, 0.717) is 6.10 Å². The largest absolute Gasteiger partial charge is 0.378 e. The summed E-state index contributed by atoms with van der Waals surface area (Å²) in [4.78, 5) is 0. The summed E-state index contributed by atoms with van der Waals surface area (Å²) in [5, 5.41) is 0. The molecule has 2 aliphatic carbocycles. The first-order chi connectivity index (χ1) is 6.85. The molecule has 80 valence electrons. The van der Waals surface area contributed by atoms with E-state index in [-0.39, 0.29) is 0 Å². The van der Waals surface area contributed by atoms with E-state index in [1.54, 1.807) is 5.57 Å². The van der Waals surface area contributed by atoms with Gasteiger partial charge >= 0.3 is 0 Å². The molecular formula is C13H22O. The predicted octanol–water partition coefficient (Wildman–Crippen LogP) is 3.55. The van der Waals surface area contributed by atoms with Crippen LogP contribution in [0.4, 0.5) is 0 Å². The van der Waals surface area contributed by atoms with Gasteiger partial charge in [-0.2, -0.15) is 0 Å². The van der Waals surface area contributed by atoms with E-state index in [9.17, 15) is 0 Å². The molecule has 0 heterocycles. The van der Waals surface area contributed by atoms with E-state index in [4.69, 9.17) is 4.74 Å². The van der Waals surface area contributed by atoms with E-state index in [1.807, 2.05) is 0 Å². The van der Waals surface area contributed by atoms with Crippen molar-refractivity contribution in [3.05, 3.63) is 11.6 Å². The molecule has 1 heteroatoms. The van der Waals surface area contributed by atoms with Gasteiger partial charge in [-0.15, -0.1) is 0 Å². The van der Waals surface area contributed by atoms with Crippen LogP contribution in [-0.2, 0) is 4.74 Å². The molecule has 2 rings (SSSR count). The average molecular weight is 194 g/mol. The zero-order valence-electron chi connectivity index (χ0n) is 9.46. The quantitative estimate of drug-likeness (QED) is 0.491. The molecule has 0 radical (unpaired) electrons. The molecule has 0 aliphatic heterocycles. The minimum atomic E-state index is 0.562. The van der Waals surface area contributed by atoms with Gasteiger partial charge in [0.1, 0.15) is 0 Å². The summed E-state index contributed by atoms with van der Waals surface area (Å²) in [6.07, 6.45) is 9.43. The molecule has 0 aromatic carbocycles. The lowest BCUT2D eigenvalue weighted by Crippen LogP contribution is -2.22. The summed E-state index contributed by atoms with van der Waals surface area (Å²) in [7, 11) is 0. The number of hydrogen-bond acceptors (Lipinski definition) is 1. The summed E-state index contributed by atoms with van der Waals surface area (Å²) < 4.78 is 5.97. The standard InChI is InChI=1S/C13H22O/c1-3-5-6-14-13-9-10-7-11(4-2)12(13)8-10/h4,10,12-13H,3,5-9H2,1-2H3. The van der Waals surface area contributed by atoms with Crippen LogP contribution in [0.5, 0.6) is 0 Å². The van der Waals surface area contributed by atoms with Crippen molar-refractivity contribution in [2.45, 2.75) is 52.1 Å². The highest BCUT2D eigenvalue weighted by molar-refractivity contribution is 5.18. The van der Waals surface area contributed by atoms with Crippen LogP contribution < -0.4 is 0 Å². The zero-order valence-corrected chi connectivity index (χ0v) is 9.46. The van der Waals surface area contributed by atoms with Crippen LogP contribution in [0.15, 0.2) is 11.6 Å². The first-order valence-electron chi connectivity index (χ1n) is 6.11. The summed E-state index contributed by atoms with van der Waals surface area (Å²) in [6, 6.07) is 0. The smallest absolute Gasteiger partial charge is 0.0643 e. The van der Waals surface area contributed by atoms with Gasteiger partial charge in [0, 0.05) is 12.5 Å². The topological polar surface area (TPSA) is 9.23 Å². The van der Waals surface area contributed by atoms with Crippen molar-refractivity contribution in [2.75, 3.05) is 6.61 Å². The van der Waals surface area contributed by atoms with Gasteiger partial charge in [0.25, 0.3) is 0 Å². The number of fused-ring (bicyclic) bond motifs is 2. The molecule has 3 unspecified atom stereocenters. The van der Waals surface area contributed by atoms with Gasteiger partial charge in [0.05, 0.1) is 6.10 Å². The summed E-state index contributed by atoms with van der Waals surface area (Å²) in [5.74, 6) is 1.72. The molecule has 0 aromatic rings. The molecule has 0 aromatic heterocycles. The minimum absolute atomic E-state index is 0.562. The van der Waals surface area contributed by atoms with Gasteiger partial charge in [-0.05, 0) is 38.5 Å². The van der Waals surface area contributed by atoms with Crippen molar-refractivity contribution in [2.24, 2.45) is 11.8 Å². The Morgan fingerprint density at radius 2 is 2.29 bits per heavy atom. The van der Waals surface area contributed by atoms with Gasteiger partial charge in [-0.1, -0.05) is 25.0 Å².